The number of halogens is 1. The predicted molar refractivity (Wildman–Crippen MR) is 113 cm³/mol. The molecule has 0 aromatic heterocycles. The number of hydrogen-bond acceptors (Lipinski definition) is 5. The first-order valence-electron chi connectivity index (χ1n) is 9.51. The zero-order chi connectivity index (χ0) is 22.6. The molecule has 3 rings (SSSR count). The minimum Gasteiger partial charge on any atom is -0.492 e. The minimum atomic E-state index is -1.30. The van der Waals surface area contributed by atoms with Crippen LogP contribution in [0.5, 0.6) is 5.75 Å². The molecule has 0 aliphatic carbocycles. The second kappa shape index (κ2) is 9.06. The molecule has 0 spiro atoms. The van der Waals surface area contributed by atoms with Gasteiger partial charge in [-0.2, -0.15) is 5.26 Å². The Kier molecular flexibility index (Phi) is 6.47. The fourth-order valence-corrected chi connectivity index (χ4v) is 3.25. The highest BCUT2D eigenvalue weighted by molar-refractivity contribution is 6.30. The third kappa shape index (κ3) is 4.78. The van der Waals surface area contributed by atoms with E-state index in [1.165, 1.54) is 4.90 Å². The van der Waals surface area contributed by atoms with E-state index in [9.17, 15) is 14.4 Å². The van der Waals surface area contributed by atoms with E-state index in [1.807, 2.05) is 6.07 Å². The zero-order valence-corrected chi connectivity index (χ0v) is 17.8. The maximum Gasteiger partial charge on any atom is 0.325 e. The molecule has 2 aromatic carbocycles. The summed E-state index contributed by atoms with van der Waals surface area (Å²) in [5.41, 5.74) is -0.329. The van der Waals surface area contributed by atoms with Crippen LogP contribution in [-0.4, -0.2) is 54.4 Å². The average molecular weight is 441 g/mol. The van der Waals surface area contributed by atoms with E-state index in [-0.39, 0.29) is 19.7 Å². The van der Waals surface area contributed by atoms with E-state index in [0.29, 0.717) is 21.9 Å². The number of nitriles is 1. The summed E-state index contributed by atoms with van der Waals surface area (Å²) in [4.78, 5) is 40.2. The SMILES string of the molecule is CN(CCOc1ccc(Cl)cc1)C(=O)CN1C(=O)NC(C)(c2ccc(C#N)cc2)C1=O. The molecule has 1 saturated heterocycles. The molecule has 1 N–H and O–H groups in total. The van der Waals surface area contributed by atoms with Crippen LogP contribution in [0.3, 0.4) is 0 Å². The lowest BCUT2D eigenvalue weighted by Gasteiger charge is -2.23. The number of amides is 4. The van der Waals surface area contributed by atoms with Crippen LogP contribution in [0.2, 0.25) is 5.02 Å². The Bertz CT molecular complexity index is 1030. The topological polar surface area (TPSA) is 103 Å². The van der Waals surface area contributed by atoms with Gasteiger partial charge in [0.15, 0.2) is 0 Å². The third-order valence-electron chi connectivity index (χ3n) is 5.09. The van der Waals surface area contributed by atoms with Gasteiger partial charge >= 0.3 is 6.03 Å². The highest BCUT2D eigenvalue weighted by Gasteiger charge is 2.49. The monoisotopic (exact) mass is 440 g/mol. The standard InChI is InChI=1S/C22H21ClN4O4/c1-22(16-5-3-15(13-24)4-6-16)20(29)27(21(30)25-22)14-19(28)26(2)11-12-31-18-9-7-17(23)8-10-18/h3-10H,11-12,14H2,1-2H3,(H,25,30). The highest BCUT2D eigenvalue weighted by atomic mass is 35.5. The van der Waals surface area contributed by atoms with Gasteiger partial charge in [-0.25, -0.2) is 4.79 Å². The van der Waals surface area contributed by atoms with E-state index in [0.717, 1.165) is 4.90 Å². The van der Waals surface area contributed by atoms with Crippen molar-refractivity contribution in [3.05, 3.63) is 64.7 Å². The van der Waals surface area contributed by atoms with Crippen molar-refractivity contribution in [2.24, 2.45) is 0 Å². The Labute approximate surface area is 184 Å². The van der Waals surface area contributed by atoms with Crippen molar-refractivity contribution < 1.29 is 19.1 Å². The Balaban J connectivity index is 1.58. The lowest BCUT2D eigenvalue weighted by atomic mass is 9.91. The molecule has 2 aromatic rings. The number of nitrogens with zero attached hydrogens (tertiary/aromatic N) is 3. The first-order valence-corrected chi connectivity index (χ1v) is 9.89. The molecule has 31 heavy (non-hydrogen) atoms. The minimum absolute atomic E-state index is 0.243. The Morgan fingerprint density at radius 2 is 1.84 bits per heavy atom. The Morgan fingerprint density at radius 1 is 1.19 bits per heavy atom. The summed E-state index contributed by atoms with van der Waals surface area (Å²) < 4.78 is 5.57. The summed E-state index contributed by atoms with van der Waals surface area (Å²) in [5.74, 6) is -0.300. The van der Waals surface area contributed by atoms with Gasteiger partial charge in [0.2, 0.25) is 5.91 Å². The summed E-state index contributed by atoms with van der Waals surface area (Å²) in [7, 11) is 1.58. The zero-order valence-electron chi connectivity index (χ0n) is 17.1. The number of nitrogens with one attached hydrogen (secondary N) is 1. The predicted octanol–water partition coefficient (Wildman–Crippen LogP) is 2.52. The van der Waals surface area contributed by atoms with Crippen LogP contribution in [-0.2, 0) is 15.1 Å². The number of imide groups is 1. The number of carbonyl (C=O) groups excluding carboxylic acids is 3. The molecule has 1 fully saturated rings. The fourth-order valence-electron chi connectivity index (χ4n) is 3.13. The maximum absolute atomic E-state index is 12.9. The van der Waals surface area contributed by atoms with Crippen molar-refractivity contribution in [1.82, 2.24) is 15.1 Å². The van der Waals surface area contributed by atoms with E-state index >= 15 is 0 Å². The molecular weight excluding hydrogens is 420 g/mol. The quantitative estimate of drug-likeness (QED) is 0.666. The van der Waals surface area contributed by atoms with Crippen molar-refractivity contribution in [2.45, 2.75) is 12.5 Å². The molecule has 0 bridgehead atoms. The van der Waals surface area contributed by atoms with Crippen LogP contribution < -0.4 is 10.1 Å². The second-order valence-electron chi connectivity index (χ2n) is 7.25. The number of likely N-dealkylation sites (N-methyl/N-ethyl adjacent to an activating group) is 1. The average Bonchev–Trinajstić information content (AvgIpc) is 2.98. The second-order valence-corrected chi connectivity index (χ2v) is 7.69. The van der Waals surface area contributed by atoms with Gasteiger partial charge in [-0.05, 0) is 48.9 Å². The Hall–Kier alpha value is -3.57. The van der Waals surface area contributed by atoms with Crippen LogP contribution in [0.1, 0.15) is 18.1 Å². The number of benzene rings is 2. The van der Waals surface area contributed by atoms with Crippen LogP contribution in [0.15, 0.2) is 48.5 Å². The van der Waals surface area contributed by atoms with E-state index in [2.05, 4.69) is 5.32 Å². The van der Waals surface area contributed by atoms with E-state index in [1.54, 1.807) is 62.5 Å². The molecule has 1 heterocycles. The van der Waals surface area contributed by atoms with Gasteiger partial charge in [-0.1, -0.05) is 23.7 Å². The molecule has 0 saturated carbocycles. The third-order valence-corrected chi connectivity index (χ3v) is 5.35. The molecule has 1 unspecified atom stereocenters. The van der Waals surface area contributed by atoms with Crippen molar-refractivity contribution in [2.75, 3.05) is 26.7 Å². The molecule has 8 nitrogen and oxygen atoms in total. The summed E-state index contributed by atoms with van der Waals surface area (Å²) in [6.07, 6.45) is 0. The molecule has 4 amide bonds. The summed E-state index contributed by atoms with van der Waals surface area (Å²) in [5, 5.41) is 12.2. The molecule has 1 aliphatic heterocycles. The molecule has 1 atom stereocenters. The van der Waals surface area contributed by atoms with Gasteiger partial charge < -0.3 is 15.0 Å². The van der Waals surface area contributed by atoms with Gasteiger partial charge in [0.25, 0.3) is 5.91 Å². The van der Waals surface area contributed by atoms with Gasteiger partial charge in [-0.3, -0.25) is 14.5 Å². The normalized spacial score (nSPS) is 17.8. The van der Waals surface area contributed by atoms with Crippen molar-refractivity contribution >= 4 is 29.4 Å². The van der Waals surface area contributed by atoms with Crippen molar-refractivity contribution in [3.63, 3.8) is 0 Å². The van der Waals surface area contributed by atoms with Gasteiger partial charge in [0.05, 0.1) is 18.2 Å². The van der Waals surface area contributed by atoms with Gasteiger partial charge in [0.1, 0.15) is 24.4 Å². The molecular formula is C22H21ClN4O4. The van der Waals surface area contributed by atoms with Crippen molar-refractivity contribution in [3.8, 4) is 11.8 Å². The van der Waals surface area contributed by atoms with E-state index < -0.39 is 23.4 Å². The van der Waals surface area contributed by atoms with Crippen molar-refractivity contribution in [1.29, 1.82) is 5.26 Å². The smallest absolute Gasteiger partial charge is 0.325 e. The first-order chi connectivity index (χ1) is 14.7. The first kappa shape index (κ1) is 22.1. The summed E-state index contributed by atoms with van der Waals surface area (Å²) in [6.45, 7) is 1.71. The largest absolute Gasteiger partial charge is 0.492 e. The summed E-state index contributed by atoms with van der Waals surface area (Å²) >= 11 is 5.83. The van der Waals surface area contributed by atoms with Gasteiger partial charge in [-0.15, -0.1) is 0 Å². The number of rotatable bonds is 7. The molecule has 1 aliphatic rings. The number of carbonyl (C=O) groups is 3. The number of hydrogen-bond donors (Lipinski definition) is 1. The summed E-state index contributed by atoms with van der Waals surface area (Å²) in [6, 6.07) is 14.6. The molecule has 9 heteroatoms. The number of ether oxygens (including phenoxy) is 1. The lowest BCUT2D eigenvalue weighted by Crippen LogP contribution is -2.44. The highest BCUT2D eigenvalue weighted by Crippen LogP contribution is 2.29. The van der Waals surface area contributed by atoms with Crippen LogP contribution in [0.25, 0.3) is 0 Å². The molecule has 160 valence electrons. The molecule has 0 radical (unpaired) electrons. The fraction of sp³-hybridized carbons (Fsp3) is 0.273. The number of urea groups is 1. The maximum atomic E-state index is 12.9. The van der Waals surface area contributed by atoms with Gasteiger partial charge in [0, 0.05) is 12.1 Å². The van der Waals surface area contributed by atoms with Crippen LogP contribution in [0, 0.1) is 11.3 Å². The lowest BCUT2D eigenvalue weighted by molar-refractivity contribution is -0.138. The van der Waals surface area contributed by atoms with Crippen LogP contribution >= 0.6 is 11.6 Å². The van der Waals surface area contributed by atoms with Crippen LogP contribution in [0.4, 0.5) is 4.79 Å². The van der Waals surface area contributed by atoms with E-state index in [4.69, 9.17) is 21.6 Å². The Morgan fingerprint density at radius 3 is 2.45 bits per heavy atom.